The van der Waals surface area contributed by atoms with Gasteiger partial charge in [0.1, 0.15) is 6.17 Å². The highest BCUT2D eigenvalue weighted by molar-refractivity contribution is 6.01. The molecule has 0 saturated heterocycles. The van der Waals surface area contributed by atoms with Crippen LogP contribution in [-0.4, -0.2) is 10.9 Å². The second kappa shape index (κ2) is 4.73. The zero-order valence-corrected chi connectivity index (χ0v) is 11.6. The van der Waals surface area contributed by atoms with Gasteiger partial charge in [-0.05, 0) is 29.7 Å². The molecule has 2 heterocycles. The number of fused-ring (bicyclic) bond motifs is 2. The summed E-state index contributed by atoms with van der Waals surface area (Å²) in [6.07, 6.45) is -0.546. The van der Waals surface area contributed by atoms with Crippen molar-refractivity contribution in [1.82, 2.24) is 10.3 Å². The van der Waals surface area contributed by atoms with Crippen LogP contribution in [0.4, 0.5) is 5.69 Å². The first-order valence-electron chi connectivity index (χ1n) is 7.01. The molecule has 108 valence electrons. The van der Waals surface area contributed by atoms with Crippen LogP contribution in [0.5, 0.6) is 0 Å². The van der Waals surface area contributed by atoms with E-state index in [1.165, 1.54) is 0 Å². The van der Waals surface area contributed by atoms with Crippen LogP contribution in [-0.2, 0) is 0 Å². The molecule has 5 heteroatoms. The lowest BCUT2D eigenvalue weighted by Gasteiger charge is -2.27. The molecule has 1 amide bonds. The number of aromatic amines is 1. The van der Waals surface area contributed by atoms with Gasteiger partial charge in [0, 0.05) is 11.2 Å². The number of anilines is 1. The first-order valence-corrected chi connectivity index (χ1v) is 7.01. The van der Waals surface area contributed by atoms with Crippen molar-refractivity contribution in [3.8, 4) is 0 Å². The fourth-order valence-electron chi connectivity index (χ4n) is 2.74. The maximum atomic E-state index is 12.3. The van der Waals surface area contributed by atoms with Gasteiger partial charge in [-0.15, -0.1) is 0 Å². The quantitative estimate of drug-likeness (QED) is 0.644. The van der Waals surface area contributed by atoms with Gasteiger partial charge in [0.15, 0.2) is 0 Å². The molecular weight excluding hydrogens is 278 g/mol. The molecule has 0 spiro atoms. The molecule has 1 aromatic heterocycles. The zero-order chi connectivity index (χ0) is 15.1. The molecular formula is C17H13N3O2. The molecule has 4 rings (SSSR count). The van der Waals surface area contributed by atoms with Crippen LogP contribution in [0.2, 0.25) is 0 Å². The number of carbonyl (C=O) groups excluding carboxylic acids is 1. The lowest BCUT2D eigenvalue weighted by Crippen LogP contribution is -2.40. The Morgan fingerprint density at radius 1 is 0.864 bits per heavy atom. The number of amides is 1. The average molecular weight is 291 g/mol. The van der Waals surface area contributed by atoms with Crippen LogP contribution in [0.25, 0.3) is 10.9 Å². The van der Waals surface area contributed by atoms with Gasteiger partial charge in [-0.3, -0.25) is 9.59 Å². The Balaban J connectivity index is 1.82. The highest BCUT2D eigenvalue weighted by atomic mass is 16.2. The minimum atomic E-state index is -0.546. The van der Waals surface area contributed by atoms with E-state index in [4.69, 9.17) is 0 Å². The van der Waals surface area contributed by atoms with E-state index in [0.717, 1.165) is 16.6 Å². The van der Waals surface area contributed by atoms with Gasteiger partial charge in [-0.2, -0.15) is 0 Å². The normalized spacial score (nSPS) is 16.7. The third-order valence-electron chi connectivity index (χ3n) is 3.84. The summed E-state index contributed by atoms with van der Waals surface area (Å²) in [5.74, 6) is -0.188. The van der Waals surface area contributed by atoms with Crippen LogP contribution in [0.3, 0.4) is 0 Å². The molecule has 5 nitrogen and oxygen atoms in total. The number of pyridine rings is 1. The minimum Gasteiger partial charge on any atom is -0.361 e. The van der Waals surface area contributed by atoms with Crippen molar-refractivity contribution in [3.05, 3.63) is 76.1 Å². The van der Waals surface area contributed by atoms with Gasteiger partial charge < -0.3 is 15.6 Å². The lowest BCUT2D eigenvalue weighted by atomic mass is 10.1. The van der Waals surface area contributed by atoms with E-state index in [2.05, 4.69) is 15.6 Å². The van der Waals surface area contributed by atoms with E-state index in [-0.39, 0.29) is 11.5 Å². The Labute approximate surface area is 126 Å². The molecule has 3 aromatic rings. The number of carbonyl (C=O) groups is 1. The number of para-hydroxylation sites is 2. The standard InChI is InChI=1S/C17H13N3O2/c21-16-11-6-2-4-8-14(11)18-15(20-16)12-9-10-5-1-3-7-13(10)19-17(12)22/h1-9,15,18H,(H,19,22)(H,20,21). The zero-order valence-electron chi connectivity index (χ0n) is 11.6. The number of benzene rings is 2. The number of rotatable bonds is 1. The molecule has 1 aliphatic rings. The van der Waals surface area contributed by atoms with E-state index in [9.17, 15) is 9.59 Å². The van der Waals surface area contributed by atoms with Crippen LogP contribution in [0.15, 0.2) is 59.4 Å². The monoisotopic (exact) mass is 291 g/mol. The maximum Gasteiger partial charge on any atom is 0.255 e. The molecule has 1 aliphatic heterocycles. The summed E-state index contributed by atoms with van der Waals surface area (Å²) >= 11 is 0. The molecule has 0 radical (unpaired) electrons. The van der Waals surface area contributed by atoms with Crippen molar-refractivity contribution in [2.24, 2.45) is 0 Å². The first-order chi connectivity index (χ1) is 10.7. The number of H-pyrrole nitrogens is 1. The first kappa shape index (κ1) is 12.6. The molecule has 0 aliphatic carbocycles. The number of hydrogen-bond acceptors (Lipinski definition) is 3. The molecule has 0 fully saturated rings. The molecule has 1 atom stereocenters. The second-order valence-corrected chi connectivity index (χ2v) is 5.24. The molecule has 3 N–H and O–H groups in total. The summed E-state index contributed by atoms with van der Waals surface area (Å²) in [5, 5.41) is 6.94. The van der Waals surface area contributed by atoms with Crippen molar-refractivity contribution in [2.45, 2.75) is 6.17 Å². The number of nitrogens with one attached hydrogen (secondary N) is 3. The van der Waals surface area contributed by atoms with Crippen LogP contribution < -0.4 is 16.2 Å². The predicted octanol–water partition coefficient (Wildman–Crippen LogP) is 2.38. The third kappa shape index (κ3) is 1.95. The van der Waals surface area contributed by atoms with Crippen molar-refractivity contribution in [2.75, 3.05) is 5.32 Å². The fourth-order valence-corrected chi connectivity index (χ4v) is 2.74. The fraction of sp³-hybridized carbons (Fsp3) is 0.0588. The van der Waals surface area contributed by atoms with Crippen molar-refractivity contribution < 1.29 is 4.79 Å². The van der Waals surface area contributed by atoms with E-state index in [0.29, 0.717) is 11.1 Å². The van der Waals surface area contributed by atoms with E-state index < -0.39 is 6.17 Å². The summed E-state index contributed by atoms with van der Waals surface area (Å²) in [6.45, 7) is 0. The van der Waals surface area contributed by atoms with E-state index >= 15 is 0 Å². The average Bonchev–Trinajstić information content (AvgIpc) is 2.54. The molecule has 0 saturated carbocycles. The molecule has 22 heavy (non-hydrogen) atoms. The molecule has 2 aromatic carbocycles. The Bertz CT molecular complexity index is 946. The highest BCUT2D eigenvalue weighted by Gasteiger charge is 2.26. The minimum absolute atomic E-state index is 0.188. The summed E-state index contributed by atoms with van der Waals surface area (Å²) < 4.78 is 0. The van der Waals surface area contributed by atoms with Crippen LogP contribution in [0.1, 0.15) is 22.1 Å². The van der Waals surface area contributed by atoms with Crippen molar-refractivity contribution in [3.63, 3.8) is 0 Å². The SMILES string of the molecule is O=C1NC(c2cc3ccccc3[nH]c2=O)Nc2ccccc21. The van der Waals surface area contributed by atoms with Gasteiger partial charge in [-0.25, -0.2) is 0 Å². The van der Waals surface area contributed by atoms with E-state index in [1.807, 2.05) is 42.5 Å². The van der Waals surface area contributed by atoms with E-state index in [1.54, 1.807) is 12.1 Å². The van der Waals surface area contributed by atoms with Gasteiger partial charge in [0.25, 0.3) is 11.5 Å². The summed E-state index contributed by atoms with van der Waals surface area (Å²) in [7, 11) is 0. The van der Waals surface area contributed by atoms with Crippen LogP contribution in [0, 0.1) is 0 Å². The maximum absolute atomic E-state index is 12.3. The van der Waals surface area contributed by atoms with Crippen molar-refractivity contribution >= 4 is 22.5 Å². The smallest absolute Gasteiger partial charge is 0.255 e. The molecule has 0 bridgehead atoms. The second-order valence-electron chi connectivity index (χ2n) is 5.24. The van der Waals surface area contributed by atoms with Gasteiger partial charge in [0.05, 0.1) is 11.1 Å². The number of hydrogen-bond donors (Lipinski definition) is 3. The molecule has 1 unspecified atom stereocenters. The largest absolute Gasteiger partial charge is 0.361 e. The Morgan fingerprint density at radius 3 is 2.55 bits per heavy atom. The summed E-state index contributed by atoms with van der Waals surface area (Å²) in [4.78, 5) is 27.3. The summed E-state index contributed by atoms with van der Waals surface area (Å²) in [5.41, 5.74) is 2.36. The highest BCUT2D eigenvalue weighted by Crippen LogP contribution is 2.25. The Kier molecular flexibility index (Phi) is 2.72. The summed E-state index contributed by atoms with van der Waals surface area (Å²) in [6, 6.07) is 16.6. The van der Waals surface area contributed by atoms with Crippen LogP contribution >= 0.6 is 0 Å². The van der Waals surface area contributed by atoms with Gasteiger partial charge in [0.2, 0.25) is 0 Å². The Morgan fingerprint density at radius 2 is 1.64 bits per heavy atom. The van der Waals surface area contributed by atoms with Gasteiger partial charge in [-0.1, -0.05) is 30.3 Å². The number of aromatic nitrogens is 1. The van der Waals surface area contributed by atoms with Crippen molar-refractivity contribution in [1.29, 1.82) is 0 Å². The lowest BCUT2D eigenvalue weighted by molar-refractivity contribution is 0.0935. The Hall–Kier alpha value is -3.08. The topological polar surface area (TPSA) is 74.0 Å². The third-order valence-corrected chi connectivity index (χ3v) is 3.84. The predicted molar refractivity (Wildman–Crippen MR) is 84.8 cm³/mol. The van der Waals surface area contributed by atoms with Gasteiger partial charge >= 0.3 is 0 Å².